The summed E-state index contributed by atoms with van der Waals surface area (Å²) in [5, 5.41) is 9.14. The molecule has 0 aliphatic heterocycles. The van der Waals surface area contributed by atoms with E-state index < -0.39 is 0 Å². The van der Waals surface area contributed by atoms with E-state index in [0.717, 1.165) is 17.0 Å². The fourth-order valence-corrected chi connectivity index (χ4v) is 2.19. The van der Waals surface area contributed by atoms with Crippen LogP contribution in [-0.4, -0.2) is 14.8 Å². The Bertz CT molecular complexity index is 330. The van der Waals surface area contributed by atoms with E-state index in [1.807, 2.05) is 7.05 Å². The number of rotatable bonds is 2. The summed E-state index contributed by atoms with van der Waals surface area (Å²) in [6.07, 6.45) is 1.24. The fraction of sp³-hybridized carbons (Fsp3) is 0.778. The van der Waals surface area contributed by atoms with Gasteiger partial charge in [-0.3, -0.25) is 0 Å². The Kier molecular flexibility index (Phi) is 1.98. The van der Waals surface area contributed by atoms with Crippen molar-refractivity contribution in [2.75, 3.05) is 0 Å². The second-order valence-electron chi connectivity index (χ2n) is 4.41. The first-order valence-electron chi connectivity index (χ1n) is 4.50. The first-order chi connectivity index (χ1) is 6.06. The molecule has 72 valence electrons. The van der Waals surface area contributed by atoms with Gasteiger partial charge in [0.15, 0.2) is 0 Å². The molecule has 1 atom stereocenters. The molecule has 2 rings (SSSR count). The normalized spacial score (nSPS) is 24.8. The molecule has 1 aliphatic rings. The fourth-order valence-electron chi connectivity index (χ4n) is 1.70. The van der Waals surface area contributed by atoms with Gasteiger partial charge in [0.2, 0.25) is 0 Å². The van der Waals surface area contributed by atoms with Gasteiger partial charge in [-0.25, -0.2) is 0 Å². The Hall–Kier alpha value is -0.380. The highest BCUT2D eigenvalue weighted by molar-refractivity contribution is 9.08. The van der Waals surface area contributed by atoms with Crippen LogP contribution in [0.3, 0.4) is 0 Å². The Morgan fingerprint density at radius 2 is 2.15 bits per heavy atom. The minimum Gasteiger partial charge on any atom is -0.317 e. The monoisotopic (exact) mass is 243 g/mol. The lowest BCUT2D eigenvalue weighted by Gasteiger charge is -2.03. The second-order valence-corrected chi connectivity index (χ2v) is 4.97. The summed E-state index contributed by atoms with van der Waals surface area (Å²) >= 11 is 3.40. The van der Waals surface area contributed by atoms with Gasteiger partial charge in [0, 0.05) is 13.0 Å². The third-order valence-corrected chi connectivity index (χ3v) is 3.44. The van der Waals surface area contributed by atoms with Crippen molar-refractivity contribution in [3.63, 3.8) is 0 Å². The van der Waals surface area contributed by atoms with Crippen LogP contribution >= 0.6 is 15.9 Å². The summed E-state index contributed by atoms with van der Waals surface area (Å²) in [7, 11) is 2.04. The second kappa shape index (κ2) is 2.80. The van der Waals surface area contributed by atoms with Crippen molar-refractivity contribution in [1.29, 1.82) is 0 Å². The highest BCUT2D eigenvalue weighted by Crippen LogP contribution is 2.57. The number of alkyl halides is 1. The van der Waals surface area contributed by atoms with Crippen molar-refractivity contribution < 1.29 is 0 Å². The third-order valence-electron chi connectivity index (χ3n) is 2.94. The topological polar surface area (TPSA) is 30.7 Å². The molecule has 0 amide bonds. The molecule has 1 heterocycles. The van der Waals surface area contributed by atoms with Gasteiger partial charge in [0.05, 0.1) is 5.33 Å². The maximum atomic E-state index is 4.23. The number of halogens is 1. The minimum atomic E-state index is 0.435. The van der Waals surface area contributed by atoms with E-state index in [2.05, 4.69) is 44.5 Å². The van der Waals surface area contributed by atoms with Gasteiger partial charge in [-0.2, -0.15) is 0 Å². The smallest absolute Gasteiger partial charge is 0.143 e. The van der Waals surface area contributed by atoms with Gasteiger partial charge < -0.3 is 4.57 Å². The van der Waals surface area contributed by atoms with Gasteiger partial charge in [-0.1, -0.05) is 29.8 Å². The van der Waals surface area contributed by atoms with Crippen LogP contribution in [0.2, 0.25) is 0 Å². The molecule has 1 aromatic heterocycles. The molecule has 0 radical (unpaired) electrons. The van der Waals surface area contributed by atoms with Crippen LogP contribution in [0.5, 0.6) is 0 Å². The molecule has 4 heteroatoms. The van der Waals surface area contributed by atoms with Crippen LogP contribution in [0.4, 0.5) is 0 Å². The molecule has 0 spiro atoms. The van der Waals surface area contributed by atoms with E-state index in [0.29, 0.717) is 11.3 Å². The van der Waals surface area contributed by atoms with Crippen LogP contribution in [0.1, 0.15) is 37.8 Å². The van der Waals surface area contributed by atoms with Crippen LogP contribution in [0, 0.1) is 5.41 Å². The van der Waals surface area contributed by atoms with Crippen molar-refractivity contribution in [3.05, 3.63) is 11.6 Å². The lowest BCUT2D eigenvalue weighted by Crippen LogP contribution is -2.02. The number of aromatic nitrogens is 3. The summed E-state index contributed by atoms with van der Waals surface area (Å²) in [5.74, 6) is 2.76. The van der Waals surface area contributed by atoms with Crippen LogP contribution in [-0.2, 0) is 12.4 Å². The van der Waals surface area contributed by atoms with Gasteiger partial charge in [0.1, 0.15) is 11.6 Å². The van der Waals surface area contributed by atoms with Gasteiger partial charge in [-0.05, 0) is 11.8 Å². The van der Waals surface area contributed by atoms with Gasteiger partial charge >= 0.3 is 0 Å². The average Bonchev–Trinajstić information content (AvgIpc) is 2.55. The van der Waals surface area contributed by atoms with Crippen LogP contribution in [0.25, 0.3) is 0 Å². The molecular weight excluding hydrogens is 230 g/mol. The molecule has 1 fully saturated rings. The quantitative estimate of drug-likeness (QED) is 0.747. The van der Waals surface area contributed by atoms with Crippen molar-refractivity contribution in [2.45, 2.75) is 31.5 Å². The number of hydrogen-bond donors (Lipinski definition) is 0. The molecule has 1 saturated carbocycles. The van der Waals surface area contributed by atoms with E-state index in [9.17, 15) is 0 Å². The lowest BCUT2D eigenvalue weighted by molar-refractivity contribution is 0.595. The summed E-state index contributed by atoms with van der Waals surface area (Å²) in [4.78, 5) is 0. The van der Waals surface area contributed by atoms with Crippen molar-refractivity contribution in [2.24, 2.45) is 12.5 Å². The van der Waals surface area contributed by atoms with Crippen molar-refractivity contribution in [3.8, 4) is 0 Å². The first kappa shape index (κ1) is 9.19. The molecule has 1 unspecified atom stereocenters. The Balaban J connectivity index is 2.28. The summed E-state index contributed by atoms with van der Waals surface area (Å²) in [5.41, 5.74) is 0.435. The maximum Gasteiger partial charge on any atom is 0.143 e. The van der Waals surface area contributed by atoms with Crippen molar-refractivity contribution >= 4 is 15.9 Å². The maximum absolute atomic E-state index is 4.23. The molecule has 0 N–H and O–H groups in total. The number of nitrogens with zero attached hydrogens (tertiary/aromatic N) is 3. The Morgan fingerprint density at radius 3 is 2.54 bits per heavy atom. The molecule has 1 aliphatic carbocycles. The molecule has 0 saturated heterocycles. The zero-order valence-corrected chi connectivity index (χ0v) is 9.80. The highest BCUT2D eigenvalue weighted by Gasteiger charge is 2.49. The molecule has 0 aromatic carbocycles. The summed E-state index contributed by atoms with van der Waals surface area (Å²) in [6, 6.07) is 0. The van der Waals surface area contributed by atoms with Crippen LogP contribution < -0.4 is 0 Å². The predicted molar refractivity (Wildman–Crippen MR) is 54.8 cm³/mol. The Labute approximate surface area is 86.7 Å². The van der Waals surface area contributed by atoms with E-state index >= 15 is 0 Å². The third kappa shape index (κ3) is 1.41. The van der Waals surface area contributed by atoms with Gasteiger partial charge in [-0.15, -0.1) is 10.2 Å². The summed E-state index contributed by atoms with van der Waals surface area (Å²) in [6.45, 7) is 4.56. The molecule has 1 aromatic rings. The minimum absolute atomic E-state index is 0.435. The first-order valence-corrected chi connectivity index (χ1v) is 5.62. The van der Waals surface area contributed by atoms with E-state index in [1.54, 1.807) is 0 Å². The molecule has 13 heavy (non-hydrogen) atoms. The largest absolute Gasteiger partial charge is 0.317 e. The Morgan fingerprint density at radius 1 is 1.54 bits per heavy atom. The number of hydrogen-bond acceptors (Lipinski definition) is 2. The average molecular weight is 244 g/mol. The van der Waals surface area contributed by atoms with Gasteiger partial charge in [0.25, 0.3) is 0 Å². The lowest BCUT2D eigenvalue weighted by atomic mass is 10.1. The van der Waals surface area contributed by atoms with Crippen molar-refractivity contribution in [1.82, 2.24) is 14.8 Å². The highest BCUT2D eigenvalue weighted by atomic mass is 79.9. The van der Waals surface area contributed by atoms with E-state index in [1.165, 1.54) is 6.42 Å². The van der Waals surface area contributed by atoms with Crippen LogP contribution in [0.15, 0.2) is 0 Å². The van der Waals surface area contributed by atoms with E-state index in [-0.39, 0.29) is 0 Å². The standard InChI is InChI=1S/C9H14BrN3/c1-9(2)4-6(9)8-12-11-7(5-10)13(8)3/h6H,4-5H2,1-3H3. The molecule has 0 bridgehead atoms. The zero-order valence-electron chi connectivity index (χ0n) is 8.21. The molecular formula is C9H14BrN3. The van der Waals surface area contributed by atoms with E-state index in [4.69, 9.17) is 0 Å². The summed E-state index contributed by atoms with van der Waals surface area (Å²) < 4.78 is 2.11. The predicted octanol–water partition coefficient (Wildman–Crippen LogP) is 2.22. The molecule has 3 nitrogen and oxygen atoms in total. The SMILES string of the molecule is Cn1c(CBr)nnc1C1CC1(C)C. The zero-order chi connectivity index (χ0) is 9.64.